The van der Waals surface area contributed by atoms with Crippen LogP contribution in [0.25, 0.3) is 5.76 Å². The molecule has 2 aliphatic rings. The van der Waals surface area contributed by atoms with Crippen LogP contribution < -0.4 is 9.64 Å². The van der Waals surface area contributed by atoms with Crippen molar-refractivity contribution in [1.29, 1.82) is 0 Å². The topological polar surface area (TPSA) is 66.8 Å². The quantitative estimate of drug-likeness (QED) is 0.319. The third-order valence-electron chi connectivity index (χ3n) is 5.90. The number of rotatable bonds is 3. The first-order valence-corrected chi connectivity index (χ1v) is 10.8. The minimum absolute atomic E-state index is 0.0236. The maximum absolute atomic E-state index is 13.5. The molecule has 7 heteroatoms. The summed E-state index contributed by atoms with van der Waals surface area (Å²) < 4.78 is 19.3. The van der Waals surface area contributed by atoms with Crippen LogP contribution in [-0.4, -0.2) is 22.9 Å². The highest BCUT2D eigenvalue weighted by molar-refractivity contribution is 6.51. The number of ketones is 1. The fourth-order valence-corrected chi connectivity index (χ4v) is 4.51. The van der Waals surface area contributed by atoms with Crippen molar-refractivity contribution in [2.75, 3.05) is 4.90 Å². The molecule has 3 aromatic rings. The van der Waals surface area contributed by atoms with Gasteiger partial charge in [-0.3, -0.25) is 14.5 Å². The lowest BCUT2D eigenvalue weighted by atomic mass is 9.94. The van der Waals surface area contributed by atoms with Crippen molar-refractivity contribution in [3.8, 4) is 5.75 Å². The number of aliphatic hydroxyl groups is 1. The molecule has 0 radical (unpaired) electrons. The molecule has 1 N–H and O–H groups in total. The zero-order valence-electron chi connectivity index (χ0n) is 17.6. The first-order chi connectivity index (χ1) is 15.8. The summed E-state index contributed by atoms with van der Waals surface area (Å²) in [5.74, 6) is -1.63. The number of anilines is 1. The van der Waals surface area contributed by atoms with Crippen molar-refractivity contribution in [2.45, 2.75) is 25.5 Å². The summed E-state index contributed by atoms with van der Waals surface area (Å²) in [6.45, 7) is 1.95. The average molecular weight is 464 g/mol. The van der Waals surface area contributed by atoms with Crippen molar-refractivity contribution in [3.63, 3.8) is 0 Å². The molecule has 2 unspecified atom stereocenters. The van der Waals surface area contributed by atoms with Gasteiger partial charge < -0.3 is 9.84 Å². The van der Waals surface area contributed by atoms with Gasteiger partial charge in [0.1, 0.15) is 23.4 Å². The minimum Gasteiger partial charge on any atom is -0.507 e. The van der Waals surface area contributed by atoms with E-state index in [1.54, 1.807) is 42.5 Å². The van der Waals surface area contributed by atoms with E-state index in [0.29, 0.717) is 28.3 Å². The van der Waals surface area contributed by atoms with Gasteiger partial charge in [0, 0.05) is 22.7 Å². The van der Waals surface area contributed by atoms with Gasteiger partial charge in [-0.15, -0.1) is 0 Å². The van der Waals surface area contributed by atoms with Crippen LogP contribution in [-0.2, 0) is 16.0 Å². The van der Waals surface area contributed by atoms with E-state index in [-0.39, 0.29) is 17.4 Å². The van der Waals surface area contributed by atoms with E-state index in [2.05, 4.69) is 0 Å². The predicted molar refractivity (Wildman–Crippen MR) is 123 cm³/mol. The van der Waals surface area contributed by atoms with Crippen molar-refractivity contribution in [1.82, 2.24) is 0 Å². The molecule has 1 amide bonds. The van der Waals surface area contributed by atoms with Gasteiger partial charge in [-0.05, 0) is 72.6 Å². The van der Waals surface area contributed by atoms with Crippen molar-refractivity contribution in [3.05, 3.63) is 99.8 Å². The second kappa shape index (κ2) is 8.05. The van der Waals surface area contributed by atoms with Gasteiger partial charge in [-0.1, -0.05) is 23.7 Å². The fourth-order valence-electron chi connectivity index (χ4n) is 4.39. The number of Topliss-reactive ketones (excluding diaryl/α,β-unsaturated/α-hetero) is 1. The molecule has 1 fully saturated rings. The largest absolute Gasteiger partial charge is 0.507 e. The number of aliphatic hydroxyl groups excluding tert-OH is 1. The Morgan fingerprint density at radius 1 is 1.06 bits per heavy atom. The number of benzene rings is 3. The third kappa shape index (κ3) is 3.66. The summed E-state index contributed by atoms with van der Waals surface area (Å²) >= 11 is 6.04. The van der Waals surface area contributed by atoms with Crippen LogP contribution in [0, 0.1) is 5.82 Å². The number of hydrogen-bond donors (Lipinski definition) is 1. The molecular weight excluding hydrogens is 445 g/mol. The summed E-state index contributed by atoms with van der Waals surface area (Å²) in [4.78, 5) is 27.6. The summed E-state index contributed by atoms with van der Waals surface area (Å²) in [6.07, 6.45) is 0.705. The zero-order valence-corrected chi connectivity index (χ0v) is 18.3. The number of nitrogens with zero attached hydrogens (tertiary/aromatic N) is 1. The van der Waals surface area contributed by atoms with Gasteiger partial charge in [0.15, 0.2) is 0 Å². The molecule has 0 aromatic heterocycles. The van der Waals surface area contributed by atoms with Crippen LogP contribution in [0.1, 0.15) is 29.7 Å². The van der Waals surface area contributed by atoms with E-state index in [1.807, 2.05) is 6.92 Å². The lowest BCUT2D eigenvalue weighted by Crippen LogP contribution is -2.29. The second-order valence-electron chi connectivity index (χ2n) is 8.15. The van der Waals surface area contributed by atoms with Crippen molar-refractivity contribution in [2.24, 2.45) is 0 Å². The molecule has 33 heavy (non-hydrogen) atoms. The number of carbonyl (C=O) groups is 2. The maximum atomic E-state index is 13.5. The molecule has 2 aliphatic heterocycles. The highest BCUT2D eigenvalue weighted by Crippen LogP contribution is 2.43. The molecule has 2 atom stereocenters. The smallest absolute Gasteiger partial charge is 0.300 e. The standard InChI is InChI=1S/C26H19ClFNO4/c1-14-12-17-13-16(4-11-21(17)33-14)24(30)22-23(15-2-5-18(27)6-3-15)29(26(32)25(22)31)20-9-7-19(28)8-10-20/h2-11,13-14,23,30H,12H2,1H3/b24-22-. The molecule has 0 bridgehead atoms. The number of amides is 1. The van der Waals surface area contributed by atoms with Gasteiger partial charge in [-0.25, -0.2) is 4.39 Å². The molecule has 0 saturated carbocycles. The number of fused-ring (bicyclic) bond motifs is 1. The lowest BCUT2D eigenvalue weighted by Gasteiger charge is -2.25. The third-order valence-corrected chi connectivity index (χ3v) is 6.16. The van der Waals surface area contributed by atoms with Crippen molar-refractivity contribution < 1.29 is 23.8 Å². The Kier molecular flexibility index (Phi) is 5.17. The number of carbonyl (C=O) groups excluding carboxylic acids is 2. The molecule has 0 aliphatic carbocycles. The highest BCUT2D eigenvalue weighted by Gasteiger charge is 2.47. The van der Waals surface area contributed by atoms with Crippen LogP contribution in [0.3, 0.4) is 0 Å². The van der Waals surface area contributed by atoms with E-state index in [1.165, 1.54) is 29.2 Å². The Morgan fingerprint density at radius 2 is 1.76 bits per heavy atom. The van der Waals surface area contributed by atoms with Gasteiger partial charge in [0.05, 0.1) is 11.6 Å². The molecule has 3 aromatic carbocycles. The van der Waals surface area contributed by atoms with Crippen LogP contribution in [0.2, 0.25) is 5.02 Å². The second-order valence-corrected chi connectivity index (χ2v) is 8.59. The summed E-state index contributed by atoms with van der Waals surface area (Å²) in [5.41, 5.74) is 2.22. The molecule has 5 nitrogen and oxygen atoms in total. The van der Waals surface area contributed by atoms with E-state index in [0.717, 1.165) is 11.3 Å². The number of hydrogen-bond acceptors (Lipinski definition) is 4. The lowest BCUT2D eigenvalue weighted by molar-refractivity contribution is -0.132. The van der Waals surface area contributed by atoms with Crippen LogP contribution in [0.4, 0.5) is 10.1 Å². The highest BCUT2D eigenvalue weighted by atomic mass is 35.5. The van der Waals surface area contributed by atoms with Gasteiger partial charge in [0.25, 0.3) is 11.7 Å². The Morgan fingerprint density at radius 3 is 2.45 bits per heavy atom. The fraction of sp³-hybridized carbons (Fsp3) is 0.154. The van der Waals surface area contributed by atoms with Crippen molar-refractivity contribution >= 4 is 34.7 Å². The molecule has 166 valence electrons. The van der Waals surface area contributed by atoms with Crippen LogP contribution >= 0.6 is 11.6 Å². The average Bonchev–Trinajstić information content (AvgIpc) is 3.30. The van der Waals surface area contributed by atoms with Gasteiger partial charge >= 0.3 is 0 Å². The minimum atomic E-state index is -0.906. The number of ether oxygens (including phenoxy) is 1. The van der Waals surface area contributed by atoms with Gasteiger partial charge in [-0.2, -0.15) is 0 Å². The monoisotopic (exact) mass is 463 g/mol. The first-order valence-electron chi connectivity index (χ1n) is 10.5. The summed E-state index contributed by atoms with van der Waals surface area (Å²) in [6, 6.07) is 16.3. The molecule has 2 heterocycles. The molecule has 0 spiro atoms. The summed E-state index contributed by atoms with van der Waals surface area (Å²) in [5, 5.41) is 11.7. The Balaban J connectivity index is 1.68. The van der Waals surface area contributed by atoms with E-state index >= 15 is 0 Å². The van der Waals surface area contributed by atoms with E-state index in [9.17, 15) is 19.1 Å². The van der Waals surface area contributed by atoms with E-state index in [4.69, 9.17) is 16.3 Å². The van der Waals surface area contributed by atoms with Gasteiger partial charge in [0.2, 0.25) is 0 Å². The summed E-state index contributed by atoms with van der Waals surface area (Å²) in [7, 11) is 0. The molecule has 1 saturated heterocycles. The Labute approximate surface area is 194 Å². The number of halogens is 2. The maximum Gasteiger partial charge on any atom is 0.300 e. The molecule has 5 rings (SSSR count). The van der Waals surface area contributed by atoms with Crippen LogP contribution in [0.5, 0.6) is 5.75 Å². The van der Waals surface area contributed by atoms with E-state index < -0.39 is 23.5 Å². The molecular formula is C26H19ClFNO4. The van der Waals surface area contributed by atoms with Crippen LogP contribution in [0.15, 0.2) is 72.3 Å². The predicted octanol–water partition coefficient (Wildman–Crippen LogP) is 5.43. The first kappa shape index (κ1) is 21.2. The zero-order chi connectivity index (χ0) is 23.3. The normalized spacial score (nSPS) is 21.2. The Hall–Kier alpha value is -3.64. The SMILES string of the molecule is CC1Cc2cc(/C(O)=C3/C(=O)C(=O)N(c4ccc(F)cc4)C3c3ccc(Cl)cc3)ccc2O1. The Bertz CT molecular complexity index is 1300.